The number of rotatable bonds is 1. The Morgan fingerprint density at radius 2 is 1.59 bits per heavy atom. The Balaban J connectivity index is 0.00000160. The zero-order chi connectivity index (χ0) is 17.1. The van der Waals surface area contributed by atoms with E-state index in [2.05, 4.69) is 86.6 Å². The first-order valence-electron chi connectivity index (χ1n) is 9.41. The number of halogens is 1. The molecule has 0 atom stereocenters. The molecule has 27 heavy (non-hydrogen) atoms. The van der Waals surface area contributed by atoms with Crippen molar-refractivity contribution >= 4 is 38.7 Å². The van der Waals surface area contributed by atoms with Gasteiger partial charge in [0.05, 0.1) is 0 Å². The van der Waals surface area contributed by atoms with Crippen LogP contribution in [-0.4, -0.2) is 17.5 Å². The van der Waals surface area contributed by atoms with Gasteiger partial charge in [-0.15, -0.1) is 0 Å². The molecule has 3 aromatic heterocycles. The number of imidazole rings is 1. The van der Waals surface area contributed by atoms with E-state index in [9.17, 15) is 0 Å². The second-order valence-electron chi connectivity index (χ2n) is 7.28. The number of aromatic nitrogens is 2. The third-order valence-corrected chi connectivity index (χ3v) is 5.76. The largest absolute Gasteiger partial charge is 1.00 e. The smallest absolute Gasteiger partial charge is 0.292 e. The zero-order valence-electron chi connectivity index (χ0n) is 15.0. The molecule has 3 nitrogen and oxygen atoms in total. The third kappa shape index (κ3) is 2.50. The van der Waals surface area contributed by atoms with Crippen LogP contribution in [0.15, 0.2) is 72.9 Å². The van der Waals surface area contributed by atoms with Gasteiger partial charge in [0, 0.05) is 35.6 Å². The minimum Gasteiger partial charge on any atom is -1.00 e. The predicted octanol–water partition coefficient (Wildman–Crippen LogP) is 1.59. The van der Waals surface area contributed by atoms with Crippen molar-refractivity contribution in [3.63, 3.8) is 0 Å². The molecule has 0 N–H and O–H groups in total. The van der Waals surface area contributed by atoms with Gasteiger partial charge in [-0.25, -0.2) is 0 Å². The highest BCUT2D eigenvalue weighted by atomic mass is 127. The average molecular weight is 465 g/mol. The van der Waals surface area contributed by atoms with Gasteiger partial charge in [0.1, 0.15) is 17.2 Å². The van der Waals surface area contributed by atoms with Gasteiger partial charge in [0.2, 0.25) is 0 Å². The highest BCUT2D eigenvalue weighted by Gasteiger charge is 2.18. The van der Waals surface area contributed by atoms with Crippen LogP contribution in [0.1, 0.15) is 12.8 Å². The second kappa shape index (κ2) is 6.37. The first kappa shape index (κ1) is 16.8. The zero-order valence-corrected chi connectivity index (χ0v) is 17.1. The van der Waals surface area contributed by atoms with Gasteiger partial charge >= 0.3 is 0 Å². The molecule has 4 heterocycles. The van der Waals surface area contributed by atoms with Crippen LogP contribution in [-0.2, 0) is 0 Å². The maximum atomic E-state index is 2.50. The fourth-order valence-electron chi connectivity index (χ4n) is 4.46. The van der Waals surface area contributed by atoms with Crippen molar-refractivity contribution in [2.45, 2.75) is 12.8 Å². The first-order chi connectivity index (χ1) is 12.9. The molecule has 1 saturated heterocycles. The Morgan fingerprint density at radius 1 is 0.778 bits per heavy atom. The summed E-state index contributed by atoms with van der Waals surface area (Å²) in [5, 5.41) is 2.56. The molecule has 2 aromatic carbocycles. The normalized spacial score (nSPS) is 14.4. The molecule has 1 fully saturated rings. The van der Waals surface area contributed by atoms with Crippen LogP contribution in [0.5, 0.6) is 0 Å². The van der Waals surface area contributed by atoms with E-state index in [1.54, 1.807) is 0 Å². The molecule has 4 heteroatoms. The SMILES string of the molecule is [I-].c1ccc2c(c1)ccc1c[n+]3c4ccc(N5CCCC5)cc4ccc3n12. The van der Waals surface area contributed by atoms with Crippen LogP contribution in [0.2, 0.25) is 0 Å². The number of para-hydroxylation sites is 1. The summed E-state index contributed by atoms with van der Waals surface area (Å²) < 4.78 is 4.67. The first-order valence-corrected chi connectivity index (χ1v) is 9.41. The van der Waals surface area contributed by atoms with Crippen molar-refractivity contribution in [3.8, 4) is 0 Å². The summed E-state index contributed by atoms with van der Waals surface area (Å²) in [5.41, 5.74) is 6.29. The summed E-state index contributed by atoms with van der Waals surface area (Å²) in [5.74, 6) is 0. The van der Waals surface area contributed by atoms with Crippen LogP contribution >= 0.6 is 0 Å². The molecule has 0 radical (unpaired) electrons. The molecule has 134 valence electrons. The van der Waals surface area contributed by atoms with Crippen molar-refractivity contribution in [1.82, 2.24) is 4.40 Å². The molecule has 0 spiro atoms. The second-order valence-corrected chi connectivity index (χ2v) is 7.28. The quantitative estimate of drug-likeness (QED) is 0.271. The van der Waals surface area contributed by atoms with Crippen LogP contribution < -0.4 is 33.3 Å². The highest BCUT2D eigenvalue weighted by molar-refractivity contribution is 5.86. The lowest BCUT2D eigenvalue weighted by Crippen LogP contribution is -3.00. The van der Waals surface area contributed by atoms with Gasteiger partial charge in [-0.1, -0.05) is 18.2 Å². The van der Waals surface area contributed by atoms with Gasteiger partial charge < -0.3 is 28.9 Å². The van der Waals surface area contributed by atoms with Crippen molar-refractivity contribution in [2.24, 2.45) is 0 Å². The van der Waals surface area contributed by atoms with Crippen molar-refractivity contribution < 1.29 is 28.4 Å². The number of hydrogen-bond donors (Lipinski definition) is 0. The van der Waals surface area contributed by atoms with Crippen LogP contribution in [0, 0.1) is 0 Å². The third-order valence-electron chi connectivity index (χ3n) is 5.76. The standard InChI is InChI=1S/C23H20N3.HI/c1-2-6-22-17(5-1)7-9-20-16-25-21-11-10-19(24-13-3-4-14-24)15-18(21)8-12-23(25)26(20)22;/h1-2,5-12,15-16H,3-4,13-14H2;1H/q+1;/p-1. The summed E-state index contributed by atoms with van der Waals surface area (Å²) in [6, 6.07) is 24.4. The van der Waals surface area contributed by atoms with Gasteiger partial charge in [0.15, 0.2) is 5.52 Å². The van der Waals surface area contributed by atoms with Gasteiger partial charge in [0.25, 0.3) is 5.65 Å². The average Bonchev–Trinajstić information content (AvgIpc) is 3.35. The van der Waals surface area contributed by atoms with Gasteiger partial charge in [-0.05, 0) is 55.3 Å². The Bertz CT molecular complexity index is 1300. The van der Waals surface area contributed by atoms with Crippen molar-refractivity contribution in [1.29, 1.82) is 0 Å². The maximum Gasteiger partial charge on any atom is 0.292 e. The Hall–Kier alpha value is -2.34. The lowest BCUT2D eigenvalue weighted by atomic mass is 10.2. The summed E-state index contributed by atoms with van der Waals surface area (Å²) in [4.78, 5) is 2.50. The minimum atomic E-state index is 0. The molecule has 0 bridgehead atoms. The molecular formula is C23H20IN3. The molecule has 1 aliphatic heterocycles. The molecule has 5 aromatic rings. The summed E-state index contributed by atoms with van der Waals surface area (Å²) in [7, 11) is 0. The van der Waals surface area contributed by atoms with Crippen LogP contribution in [0.25, 0.3) is 33.0 Å². The Kier molecular flexibility index (Phi) is 3.97. The number of anilines is 1. The fourth-order valence-corrected chi connectivity index (χ4v) is 4.46. The van der Waals surface area contributed by atoms with Crippen molar-refractivity contribution in [2.75, 3.05) is 18.0 Å². The van der Waals surface area contributed by atoms with E-state index in [1.165, 1.54) is 64.6 Å². The lowest BCUT2D eigenvalue weighted by Gasteiger charge is -2.17. The Labute approximate surface area is 174 Å². The molecule has 6 rings (SSSR count). The van der Waals surface area contributed by atoms with E-state index in [1.807, 2.05) is 0 Å². The summed E-state index contributed by atoms with van der Waals surface area (Å²) >= 11 is 0. The fraction of sp³-hybridized carbons (Fsp3) is 0.174. The van der Waals surface area contributed by atoms with E-state index in [0.717, 1.165) is 0 Å². The molecule has 0 amide bonds. The lowest BCUT2D eigenvalue weighted by molar-refractivity contribution is -0.479. The number of pyridine rings is 2. The van der Waals surface area contributed by atoms with E-state index < -0.39 is 0 Å². The van der Waals surface area contributed by atoms with E-state index in [0.29, 0.717) is 0 Å². The molecule has 0 unspecified atom stereocenters. The topological polar surface area (TPSA) is 11.8 Å². The highest BCUT2D eigenvalue weighted by Crippen LogP contribution is 2.25. The van der Waals surface area contributed by atoms with Gasteiger partial charge in [-0.2, -0.15) is 8.80 Å². The van der Waals surface area contributed by atoms with Crippen LogP contribution in [0.3, 0.4) is 0 Å². The molecule has 1 aliphatic rings. The summed E-state index contributed by atoms with van der Waals surface area (Å²) in [6.07, 6.45) is 4.87. The summed E-state index contributed by atoms with van der Waals surface area (Å²) in [6.45, 7) is 2.37. The Morgan fingerprint density at radius 3 is 2.48 bits per heavy atom. The maximum absolute atomic E-state index is 2.50. The number of nitrogens with zero attached hydrogens (tertiary/aromatic N) is 3. The monoisotopic (exact) mass is 465 g/mol. The number of benzene rings is 2. The number of hydrogen-bond acceptors (Lipinski definition) is 1. The number of fused-ring (bicyclic) bond motifs is 7. The van der Waals surface area contributed by atoms with E-state index in [-0.39, 0.29) is 24.0 Å². The predicted molar refractivity (Wildman–Crippen MR) is 107 cm³/mol. The molecule has 0 saturated carbocycles. The van der Waals surface area contributed by atoms with Crippen LogP contribution in [0.4, 0.5) is 5.69 Å². The molecular weight excluding hydrogens is 445 g/mol. The van der Waals surface area contributed by atoms with Gasteiger partial charge in [-0.3, -0.25) is 0 Å². The minimum absolute atomic E-state index is 0. The van der Waals surface area contributed by atoms with E-state index in [4.69, 9.17) is 0 Å². The molecule has 0 aliphatic carbocycles. The van der Waals surface area contributed by atoms with E-state index >= 15 is 0 Å². The van der Waals surface area contributed by atoms with Crippen molar-refractivity contribution in [3.05, 3.63) is 72.9 Å².